The number of aldehydes is 1. The van der Waals surface area contributed by atoms with Crippen LogP contribution in [0.1, 0.15) is 28.8 Å². The van der Waals surface area contributed by atoms with Crippen molar-refractivity contribution in [2.75, 3.05) is 26.0 Å². The molecule has 2 N–H and O–H groups in total. The topological polar surface area (TPSA) is 67.4 Å². The molecule has 0 spiro atoms. The van der Waals surface area contributed by atoms with Gasteiger partial charge in [0.2, 0.25) is 5.91 Å². The molecule has 0 aromatic heterocycles. The number of methoxy groups -OCH3 is 1. The lowest BCUT2D eigenvalue weighted by molar-refractivity contribution is -0.116. The van der Waals surface area contributed by atoms with Gasteiger partial charge in [-0.05, 0) is 38.6 Å². The minimum atomic E-state index is -0.0424. The first-order valence-electron chi connectivity index (χ1n) is 6.20. The van der Waals surface area contributed by atoms with Gasteiger partial charge in [-0.2, -0.15) is 0 Å². The van der Waals surface area contributed by atoms with Crippen LogP contribution in [0, 0.1) is 6.92 Å². The third-order valence-electron chi connectivity index (χ3n) is 2.81. The van der Waals surface area contributed by atoms with Crippen molar-refractivity contribution < 1.29 is 14.3 Å². The molecule has 0 aliphatic heterocycles. The molecule has 1 amide bonds. The lowest BCUT2D eigenvalue weighted by Crippen LogP contribution is -2.16. The summed E-state index contributed by atoms with van der Waals surface area (Å²) in [6.45, 7) is 2.65. The van der Waals surface area contributed by atoms with Crippen molar-refractivity contribution in [3.63, 3.8) is 0 Å². The third-order valence-corrected chi connectivity index (χ3v) is 2.81. The summed E-state index contributed by atoms with van der Waals surface area (Å²) in [5.41, 5.74) is 2.00. The molecular formula is C14H20N2O3. The summed E-state index contributed by atoms with van der Waals surface area (Å²) in [4.78, 5) is 22.6. The first kappa shape index (κ1) is 15.2. The number of benzene rings is 1. The van der Waals surface area contributed by atoms with Gasteiger partial charge >= 0.3 is 0 Å². The van der Waals surface area contributed by atoms with Gasteiger partial charge in [0, 0.05) is 18.2 Å². The van der Waals surface area contributed by atoms with E-state index in [1.54, 1.807) is 12.1 Å². The van der Waals surface area contributed by atoms with Crippen LogP contribution in [0.2, 0.25) is 0 Å². The summed E-state index contributed by atoms with van der Waals surface area (Å²) in [6, 6.07) is 3.38. The van der Waals surface area contributed by atoms with Crippen LogP contribution in [0.25, 0.3) is 0 Å². The van der Waals surface area contributed by atoms with E-state index >= 15 is 0 Å². The molecule has 0 radical (unpaired) electrons. The van der Waals surface area contributed by atoms with E-state index in [1.165, 1.54) is 7.11 Å². The third kappa shape index (κ3) is 4.37. The van der Waals surface area contributed by atoms with Crippen LogP contribution in [-0.4, -0.2) is 32.9 Å². The predicted octanol–water partition coefficient (Wildman–Crippen LogP) is 1.75. The Hall–Kier alpha value is -1.88. The number of carbonyl (C=O) groups is 2. The maximum atomic E-state index is 11.7. The zero-order chi connectivity index (χ0) is 14.3. The number of nitrogens with one attached hydrogen (secondary N) is 2. The molecule has 5 nitrogen and oxygen atoms in total. The van der Waals surface area contributed by atoms with Crippen molar-refractivity contribution in [3.05, 3.63) is 23.3 Å². The van der Waals surface area contributed by atoms with Gasteiger partial charge < -0.3 is 15.4 Å². The van der Waals surface area contributed by atoms with E-state index in [9.17, 15) is 9.59 Å². The van der Waals surface area contributed by atoms with Gasteiger partial charge in [0.05, 0.1) is 12.7 Å². The lowest BCUT2D eigenvalue weighted by atomic mass is 10.1. The number of hydrogen-bond donors (Lipinski definition) is 2. The SMILES string of the molecule is CNCCCC(=O)Nc1cc(OC)c(C=O)cc1C. The maximum absolute atomic E-state index is 11.7. The minimum Gasteiger partial charge on any atom is -0.496 e. The Balaban J connectivity index is 2.78. The molecule has 1 aromatic carbocycles. The Bertz CT molecular complexity index is 458. The van der Waals surface area contributed by atoms with Gasteiger partial charge in [0.25, 0.3) is 0 Å². The van der Waals surface area contributed by atoms with Gasteiger partial charge in [0.15, 0.2) is 6.29 Å². The first-order valence-corrected chi connectivity index (χ1v) is 6.20. The summed E-state index contributed by atoms with van der Waals surface area (Å²) in [5, 5.41) is 5.83. The Kier molecular flexibility index (Phi) is 6.02. The van der Waals surface area contributed by atoms with Crippen molar-refractivity contribution in [1.29, 1.82) is 0 Å². The Morgan fingerprint density at radius 3 is 2.74 bits per heavy atom. The van der Waals surface area contributed by atoms with Crippen LogP contribution in [0.4, 0.5) is 5.69 Å². The highest BCUT2D eigenvalue weighted by atomic mass is 16.5. The summed E-state index contributed by atoms with van der Waals surface area (Å²) in [5.74, 6) is 0.422. The van der Waals surface area contributed by atoms with E-state index < -0.39 is 0 Å². The standard InChI is InChI=1S/C14H20N2O3/c1-10-7-11(9-17)13(19-3)8-12(10)16-14(18)5-4-6-15-2/h7-9,15H,4-6H2,1-3H3,(H,16,18). The number of amides is 1. The van der Waals surface area contributed by atoms with Crippen LogP contribution >= 0.6 is 0 Å². The second-order valence-electron chi connectivity index (χ2n) is 4.28. The van der Waals surface area contributed by atoms with Crippen LogP contribution in [0.5, 0.6) is 5.75 Å². The van der Waals surface area contributed by atoms with Crippen LogP contribution in [0.3, 0.4) is 0 Å². The van der Waals surface area contributed by atoms with E-state index in [0.29, 0.717) is 23.4 Å². The highest BCUT2D eigenvalue weighted by Gasteiger charge is 2.10. The van der Waals surface area contributed by atoms with Gasteiger partial charge in [-0.3, -0.25) is 9.59 Å². The summed E-state index contributed by atoms with van der Waals surface area (Å²) < 4.78 is 5.12. The Labute approximate surface area is 113 Å². The van der Waals surface area contributed by atoms with Crippen LogP contribution < -0.4 is 15.4 Å². The van der Waals surface area contributed by atoms with E-state index in [-0.39, 0.29) is 5.91 Å². The Morgan fingerprint density at radius 1 is 1.42 bits per heavy atom. The van der Waals surface area contributed by atoms with Gasteiger partial charge in [-0.15, -0.1) is 0 Å². The highest BCUT2D eigenvalue weighted by molar-refractivity contribution is 5.93. The fourth-order valence-corrected chi connectivity index (χ4v) is 1.75. The molecule has 5 heteroatoms. The molecule has 0 saturated carbocycles. The average Bonchev–Trinajstić information content (AvgIpc) is 2.40. The van der Waals surface area contributed by atoms with E-state index in [0.717, 1.165) is 24.8 Å². The number of rotatable bonds is 7. The van der Waals surface area contributed by atoms with Crippen molar-refractivity contribution >= 4 is 17.9 Å². The molecule has 0 aliphatic carbocycles. The molecule has 0 fully saturated rings. The monoisotopic (exact) mass is 264 g/mol. The molecular weight excluding hydrogens is 244 g/mol. The summed E-state index contributed by atoms with van der Waals surface area (Å²) >= 11 is 0. The smallest absolute Gasteiger partial charge is 0.224 e. The quantitative estimate of drug-likeness (QED) is 0.581. The largest absolute Gasteiger partial charge is 0.496 e. The van der Waals surface area contributed by atoms with E-state index in [2.05, 4.69) is 10.6 Å². The van der Waals surface area contributed by atoms with Crippen molar-refractivity contribution in [2.45, 2.75) is 19.8 Å². The molecule has 0 saturated heterocycles. The Morgan fingerprint density at radius 2 is 2.16 bits per heavy atom. The minimum absolute atomic E-state index is 0.0424. The van der Waals surface area contributed by atoms with Crippen LogP contribution in [0.15, 0.2) is 12.1 Å². The molecule has 104 valence electrons. The highest BCUT2D eigenvalue weighted by Crippen LogP contribution is 2.26. The molecule has 0 unspecified atom stereocenters. The van der Waals surface area contributed by atoms with Crippen LogP contribution in [-0.2, 0) is 4.79 Å². The average molecular weight is 264 g/mol. The maximum Gasteiger partial charge on any atom is 0.224 e. The van der Waals surface area contributed by atoms with Crippen molar-refractivity contribution in [2.24, 2.45) is 0 Å². The fourth-order valence-electron chi connectivity index (χ4n) is 1.75. The predicted molar refractivity (Wildman–Crippen MR) is 74.9 cm³/mol. The second kappa shape index (κ2) is 7.53. The van der Waals surface area contributed by atoms with E-state index in [4.69, 9.17) is 4.74 Å². The van der Waals surface area contributed by atoms with Gasteiger partial charge in [0.1, 0.15) is 5.75 Å². The number of aryl methyl sites for hydroxylation is 1. The zero-order valence-electron chi connectivity index (χ0n) is 11.6. The molecule has 0 bridgehead atoms. The molecule has 1 aromatic rings. The molecule has 1 rings (SSSR count). The van der Waals surface area contributed by atoms with Crippen molar-refractivity contribution in [1.82, 2.24) is 5.32 Å². The van der Waals surface area contributed by atoms with Gasteiger partial charge in [-0.1, -0.05) is 0 Å². The molecule has 0 aliphatic rings. The number of anilines is 1. The molecule has 0 heterocycles. The lowest BCUT2D eigenvalue weighted by Gasteiger charge is -2.12. The summed E-state index contributed by atoms with van der Waals surface area (Å²) in [6.07, 6.45) is 1.98. The first-order chi connectivity index (χ1) is 9.12. The van der Waals surface area contributed by atoms with Crippen molar-refractivity contribution in [3.8, 4) is 5.75 Å². The molecule has 0 atom stereocenters. The zero-order valence-corrected chi connectivity index (χ0v) is 11.6. The second-order valence-corrected chi connectivity index (χ2v) is 4.28. The fraction of sp³-hybridized carbons (Fsp3) is 0.429. The number of carbonyl (C=O) groups excluding carboxylic acids is 2. The van der Waals surface area contributed by atoms with E-state index in [1.807, 2.05) is 14.0 Å². The summed E-state index contributed by atoms with van der Waals surface area (Å²) in [7, 11) is 3.35. The number of hydrogen-bond acceptors (Lipinski definition) is 4. The normalized spacial score (nSPS) is 10.1. The molecule has 19 heavy (non-hydrogen) atoms. The van der Waals surface area contributed by atoms with Gasteiger partial charge in [-0.25, -0.2) is 0 Å². The number of ether oxygens (including phenoxy) is 1.